The summed E-state index contributed by atoms with van der Waals surface area (Å²) in [5.74, 6) is 0. The van der Waals surface area contributed by atoms with Gasteiger partial charge in [0.05, 0.1) is 0 Å². The van der Waals surface area contributed by atoms with E-state index in [2.05, 4.69) is 19.2 Å². The van der Waals surface area contributed by atoms with Crippen molar-refractivity contribution in [2.45, 2.75) is 174 Å². The Morgan fingerprint density at radius 2 is 0.467 bits per heavy atom. The first kappa shape index (κ1) is 30.0. The molecule has 0 spiro atoms. The lowest BCUT2D eigenvalue weighted by molar-refractivity contribution is 0.516. The largest absolute Gasteiger partial charge is 0.317 e. The molecule has 0 heterocycles. The van der Waals surface area contributed by atoms with E-state index in [1.165, 1.54) is 174 Å². The van der Waals surface area contributed by atoms with Gasteiger partial charge in [0, 0.05) is 0 Å². The van der Waals surface area contributed by atoms with Crippen LogP contribution in [0.25, 0.3) is 0 Å². The van der Waals surface area contributed by atoms with Crippen molar-refractivity contribution in [1.82, 2.24) is 5.32 Å². The van der Waals surface area contributed by atoms with E-state index >= 15 is 0 Å². The molecule has 0 aromatic heterocycles. The first-order valence-electron chi connectivity index (χ1n) is 14.6. The zero-order chi connectivity index (χ0) is 21.8. The van der Waals surface area contributed by atoms with Gasteiger partial charge in [0.1, 0.15) is 0 Å². The first-order valence-corrected chi connectivity index (χ1v) is 14.6. The molecule has 0 bridgehead atoms. The lowest BCUT2D eigenvalue weighted by Gasteiger charge is -2.05. The Balaban J connectivity index is 2.97. The summed E-state index contributed by atoms with van der Waals surface area (Å²) in [6.45, 7) is 7.05. The molecule has 1 heteroatoms. The van der Waals surface area contributed by atoms with Crippen LogP contribution in [0, 0.1) is 0 Å². The average Bonchev–Trinajstić information content (AvgIpc) is 2.76. The Hall–Kier alpha value is -0.0400. The van der Waals surface area contributed by atoms with E-state index in [4.69, 9.17) is 0 Å². The van der Waals surface area contributed by atoms with Crippen LogP contribution in [0.15, 0.2) is 0 Å². The van der Waals surface area contributed by atoms with E-state index in [9.17, 15) is 0 Å². The fraction of sp³-hybridized carbons (Fsp3) is 1.00. The highest BCUT2D eigenvalue weighted by molar-refractivity contribution is 4.52. The molecule has 0 rings (SSSR count). The molecule has 0 radical (unpaired) electrons. The van der Waals surface area contributed by atoms with Crippen molar-refractivity contribution in [1.29, 1.82) is 0 Å². The zero-order valence-corrected chi connectivity index (χ0v) is 21.6. The third-order valence-electron chi connectivity index (χ3n) is 6.66. The van der Waals surface area contributed by atoms with Gasteiger partial charge in [-0.3, -0.25) is 0 Å². The number of nitrogens with one attached hydrogen (secondary N) is 1. The molecule has 0 aromatic rings. The number of hydrogen-bond donors (Lipinski definition) is 1. The summed E-state index contributed by atoms with van der Waals surface area (Å²) < 4.78 is 0. The van der Waals surface area contributed by atoms with Gasteiger partial charge in [-0.2, -0.15) is 0 Å². The smallest absolute Gasteiger partial charge is 0.00489 e. The second-order valence-corrected chi connectivity index (χ2v) is 9.88. The maximum Gasteiger partial charge on any atom is -0.00489 e. The molecule has 0 atom stereocenters. The van der Waals surface area contributed by atoms with Crippen molar-refractivity contribution >= 4 is 0 Å². The first-order chi connectivity index (χ1) is 14.9. The molecular formula is C29H61N. The molecule has 0 aromatic carbocycles. The normalized spacial score (nSPS) is 11.4. The van der Waals surface area contributed by atoms with Gasteiger partial charge in [0.15, 0.2) is 0 Å². The van der Waals surface area contributed by atoms with Crippen molar-refractivity contribution in [3.05, 3.63) is 0 Å². The monoisotopic (exact) mass is 423 g/mol. The quantitative estimate of drug-likeness (QED) is 0.129. The third-order valence-corrected chi connectivity index (χ3v) is 6.66. The summed E-state index contributed by atoms with van der Waals surface area (Å²) in [6.07, 6.45) is 36.4. The molecule has 1 nitrogen and oxygen atoms in total. The molecule has 182 valence electrons. The van der Waals surface area contributed by atoms with Crippen molar-refractivity contribution < 1.29 is 0 Å². The predicted molar refractivity (Wildman–Crippen MR) is 140 cm³/mol. The minimum atomic E-state index is 1.23. The number of rotatable bonds is 27. The summed E-state index contributed by atoms with van der Waals surface area (Å²) in [5.41, 5.74) is 0. The van der Waals surface area contributed by atoms with Gasteiger partial charge < -0.3 is 5.32 Å². The van der Waals surface area contributed by atoms with E-state index in [1.54, 1.807) is 0 Å². The molecule has 0 saturated carbocycles. The minimum Gasteiger partial charge on any atom is -0.317 e. The van der Waals surface area contributed by atoms with Gasteiger partial charge >= 0.3 is 0 Å². The van der Waals surface area contributed by atoms with Gasteiger partial charge in [0.25, 0.3) is 0 Å². The van der Waals surface area contributed by atoms with Crippen LogP contribution in [-0.2, 0) is 0 Å². The van der Waals surface area contributed by atoms with Crippen LogP contribution in [0.4, 0.5) is 0 Å². The molecule has 30 heavy (non-hydrogen) atoms. The highest BCUT2D eigenvalue weighted by atomic mass is 14.8. The van der Waals surface area contributed by atoms with E-state index in [1.807, 2.05) is 0 Å². The molecule has 1 N–H and O–H groups in total. The van der Waals surface area contributed by atoms with E-state index in [0.717, 1.165) is 0 Å². The maximum atomic E-state index is 3.58. The molecular weight excluding hydrogens is 362 g/mol. The van der Waals surface area contributed by atoms with Crippen LogP contribution in [0.5, 0.6) is 0 Å². The molecule has 0 aliphatic rings. The highest BCUT2D eigenvalue weighted by Crippen LogP contribution is 2.15. The molecule has 0 aliphatic carbocycles. The SMILES string of the molecule is CCCCCCCCCCCCCCCCCCCCCCCCNCCCCC. The fourth-order valence-electron chi connectivity index (χ4n) is 4.48. The Morgan fingerprint density at radius 1 is 0.267 bits per heavy atom. The molecule has 0 amide bonds. The van der Waals surface area contributed by atoms with E-state index in [-0.39, 0.29) is 0 Å². The molecule has 0 fully saturated rings. The maximum absolute atomic E-state index is 3.58. The van der Waals surface area contributed by atoms with Gasteiger partial charge in [0.2, 0.25) is 0 Å². The standard InChI is InChI=1S/C29H61N/c1-3-5-7-8-9-10-11-12-13-14-15-16-17-18-19-20-21-22-23-24-25-27-29-30-28-26-6-4-2/h30H,3-29H2,1-2H3. The Morgan fingerprint density at radius 3 is 0.767 bits per heavy atom. The van der Waals surface area contributed by atoms with E-state index in [0.29, 0.717) is 0 Å². The summed E-state index contributed by atoms with van der Waals surface area (Å²) in [5, 5.41) is 3.58. The Kier molecular flexibility index (Phi) is 28.9. The van der Waals surface area contributed by atoms with Crippen LogP contribution in [0.2, 0.25) is 0 Å². The van der Waals surface area contributed by atoms with Crippen molar-refractivity contribution in [2.24, 2.45) is 0 Å². The minimum absolute atomic E-state index is 1.23. The fourth-order valence-corrected chi connectivity index (χ4v) is 4.48. The van der Waals surface area contributed by atoms with E-state index < -0.39 is 0 Å². The lowest BCUT2D eigenvalue weighted by Crippen LogP contribution is -2.16. The van der Waals surface area contributed by atoms with Gasteiger partial charge in [-0.15, -0.1) is 0 Å². The van der Waals surface area contributed by atoms with Gasteiger partial charge in [-0.1, -0.05) is 162 Å². The molecule has 0 aliphatic heterocycles. The second-order valence-electron chi connectivity index (χ2n) is 9.88. The number of hydrogen-bond acceptors (Lipinski definition) is 1. The lowest BCUT2D eigenvalue weighted by atomic mass is 10.0. The topological polar surface area (TPSA) is 12.0 Å². The summed E-state index contributed by atoms with van der Waals surface area (Å²) in [6, 6.07) is 0. The summed E-state index contributed by atoms with van der Waals surface area (Å²) in [4.78, 5) is 0. The number of unbranched alkanes of at least 4 members (excludes halogenated alkanes) is 23. The highest BCUT2D eigenvalue weighted by Gasteiger charge is 1.96. The van der Waals surface area contributed by atoms with Crippen LogP contribution in [-0.4, -0.2) is 13.1 Å². The average molecular weight is 424 g/mol. The van der Waals surface area contributed by atoms with Gasteiger partial charge in [-0.05, 0) is 25.9 Å². The van der Waals surface area contributed by atoms with Crippen LogP contribution >= 0.6 is 0 Å². The van der Waals surface area contributed by atoms with Crippen LogP contribution in [0.1, 0.15) is 174 Å². The molecule has 0 saturated heterocycles. The summed E-state index contributed by atoms with van der Waals surface area (Å²) >= 11 is 0. The van der Waals surface area contributed by atoms with Crippen LogP contribution < -0.4 is 5.32 Å². The van der Waals surface area contributed by atoms with Crippen molar-refractivity contribution in [2.75, 3.05) is 13.1 Å². The molecule has 0 unspecified atom stereocenters. The van der Waals surface area contributed by atoms with Crippen LogP contribution in [0.3, 0.4) is 0 Å². The Labute approximate surface area is 193 Å². The summed E-state index contributed by atoms with van der Waals surface area (Å²) in [7, 11) is 0. The second kappa shape index (κ2) is 29.0. The van der Waals surface area contributed by atoms with Gasteiger partial charge in [-0.25, -0.2) is 0 Å². The zero-order valence-electron chi connectivity index (χ0n) is 21.6. The van der Waals surface area contributed by atoms with Crippen molar-refractivity contribution in [3.8, 4) is 0 Å². The Bertz CT molecular complexity index is 248. The predicted octanol–water partition coefficient (Wildman–Crippen LogP) is 10.4. The third kappa shape index (κ3) is 28.0. The van der Waals surface area contributed by atoms with Crippen molar-refractivity contribution in [3.63, 3.8) is 0 Å².